The maximum atomic E-state index is 12.3. The predicted octanol–water partition coefficient (Wildman–Crippen LogP) is 6.69. The zero-order chi connectivity index (χ0) is 44.5. The third-order valence-corrected chi connectivity index (χ3v) is 10.1. The van der Waals surface area contributed by atoms with E-state index in [0.717, 1.165) is 57.8 Å². The zero-order valence-electron chi connectivity index (χ0n) is 37.2. The first-order valence-electron chi connectivity index (χ1n) is 22.7. The molecule has 2 atom stereocenters. The molecule has 0 aromatic rings. The number of carbonyl (C=O) groups excluding carboxylic acids is 4. The Labute approximate surface area is 360 Å². The molecule has 348 valence electrons. The van der Waals surface area contributed by atoms with E-state index in [1.165, 1.54) is 51.4 Å². The van der Waals surface area contributed by atoms with Crippen LogP contribution in [0, 0.1) is 5.92 Å². The van der Waals surface area contributed by atoms with Crippen molar-refractivity contribution in [3.8, 4) is 0 Å². The maximum Gasteiger partial charge on any atom is 0.326 e. The summed E-state index contributed by atoms with van der Waals surface area (Å²) in [5.41, 5.74) is 0.675. The van der Waals surface area contributed by atoms with Gasteiger partial charge in [-0.25, -0.2) is 4.79 Å². The number of carboxylic acids is 2. The molecule has 15 heteroatoms. The van der Waals surface area contributed by atoms with E-state index in [1.54, 1.807) is 6.92 Å². The standard InChI is InChI=1S/C45H81N3O12/c1-37(39(3)49)21-18-19-27-46-43(52)36-60-34-31-57-29-20-23-40(50)35-59-33-32-58-30-28-47-42(51)26-25-41(45(55)56)48-38(2)22-16-14-12-10-8-6-4-5-7-9-11-13-15-17-24-44(53)54/h37,41,48H,2,4-36H2,1,3H3,(H,46,52)(H,47,51)(H,53,54)(H,55,56)/t37-,41?/m0/s1. The van der Waals surface area contributed by atoms with Gasteiger partial charge in [0.25, 0.3) is 0 Å². The first-order valence-corrected chi connectivity index (χ1v) is 22.7. The van der Waals surface area contributed by atoms with E-state index in [0.29, 0.717) is 44.7 Å². The summed E-state index contributed by atoms with van der Waals surface area (Å²) in [5.74, 6) is -1.98. The van der Waals surface area contributed by atoms with Crippen molar-refractivity contribution in [1.82, 2.24) is 16.0 Å². The topological polar surface area (TPSA) is 216 Å². The Hall–Kier alpha value is -3.40. The third kappa shape index (κ3) is 40.0. The molecule has 0 fully saturated rings. The molecule has 0 bridgehead atoms. The molecule has 0 aliphatic rings. The summed E-state index contributed by atoms with van der Waals surface area (Å²) in [4.78, 5) is 69.6. The van der Waals surface area contributed by atoms with E-state index in [-0.39, 0.29) is 94.7 Å². The van der Waals surface area contributed by atoms with Crippen LogP contribution in [0.3, 0.4) is 0 Å². The molecule has 0 aliphatic carbocycles. The highest BCUT2D eigenvalue weighted by Gasteiger charge is 2.19. The molecule has 60 heavy (non-hydrogen) atoms. The summed E-state index contributed by atoms with van der Waals surface area (Å²) in [5, 5.41) is 26.8. The van der Waals surface area contributed by atoms with Crippen LogP contribution in [-0.4, -0.2) is 118 Å². The van der Waals surface area contributed by atoms with Gasteiger partial charge in [0.05, 0.1) is 33.0 Å². The Balaban J connectivity index is 3.65. The van der Waals surface area contributed by atoms with Crippen LogP contribution in [0.1, 0.15) is 162 Å². The highest BCUT2D eigenvalue weighted by Crippen LogP contribution is 2.15. The molecular weight excluding hydrogens is 775 g/mol. The number of hydrogen-bond donors (Lipinski definition) is 5. The van der Waals surface area contributed by atoms with Crippen molar-refractivity contribution in [2.24, 2.45) is 5.92 Å². The van der Waals surface area contributed by atoms with Crippen molar-refractivity contribution < 1.29 is 57.9 Å². The molecule has 0 saturated heterocycles. The third-order valence-electron chi connectivity index (χ3n) is 10.1. The smallest absolute Gasteiger partial charge is 0.326 e. The number of carboxylic acid groups (broad SMARTS) is 2. The lowest BCUT2D eigenvalue weighted by atomic mass is 10.0. The second-order valence-corrected chi connectivity index (χ2v) is 15.7. The summed E-state index contributed by atoms with van der Waals surface area (Å²) in [6.07, 6.45) is 20.6. The fourth-order valence-electron chi connectivity index (χ4n) is 6.23. The monoisotopic (exact) mass is 856 g/mol. The van der Waals surface area contributed by atoms with Crippen LogP contribution in [0.25, 0.3) is 0 Å². The van der Waals surface area contributed by atoms with Gasteiger partial charge in [0, 0.05) is 50.6 Å². The quantitative estimate of drug-likeness (QED) is 0.0404. The number of aliphatic carboxylic acids is 2. The Morgan fingerprint density at radius 3 is 1.60 bits per heavy atom. The Bertz CT molecular complexity index is 1170. The van der Waals surface area contributed by atoms with Gasteiger partial charge in [-0.2, -0.15) is 0 Å². The summed E-state index contributed by atoms with van der Waals surface area (Å²) in [7, 11) is 0. The molecule has 5 N–H and O–H groups in total. The highest BCUT2D eigenvalue weighted by atomic mass is 16.5. The van der Waals surface area contributed by atoms with E-state index in [1.807, 2.05) is 6.92 Å². The van der Waals surface area contributed by atoms with Gasteiger partial charge in [0.15, 0.2) is 5.78 Å². The summed E-state index contributed by atoms with van der Waals surface area (Å²) in [6.45, 7) is 10.0. The van der Waals surface area contributed by atoms with Crippen molar-refractivity contribution in [3.05, 3.63) is 12.3 Å². The number of ketones is 2. The van der Waals surface area contributed by atoms with Crippen molar-refractivity contribution in [1.29, 1.82) is 0 Å². The van der Waals surface area contributed by atoms with E-state index in [4.69, 9.17) is 24.1 Å². The fourth-order valence-corrected chi connectivity index (χ4v) is 6.23. The first kappa shape index (κ1) is 56.6. The molecule has 0 heterocycles. The van der Waals surface area contributed by atoms with Gasteiger partial charge < -0.3 is 45.1 Å². The number of hydrogen-bond acceptors (Lipinski definition) is 11. The molecule has 2 amide bonds. The maximum absolute atomic E-state index is 12.3. The minimum Gasteiger partial charge on any atom is -0.481 e. The number of nitrogens with one attached hydrogen (secondary N) is 3. The van der Waals surface area contributed by atoms with Crippen LogP contribution in [0.15, 0.2) is 12.3 Å². The normalized spacial score (nSPS) is 12.1. The van der Waals surface area contributed by atoms with Crippen LogP contribution in [-0.2, 0) is 47.7 Å². The van der Waals surface area contributed by atoms with E-state index >= 15 is 0 Å². The second-order valence-electron chi connectivity index (χ2n) is 15.7. The lowest BCUT2D eigenvalue weighted by molar-refractivity contribution is -0.140. The van der Waals surface area contributed by atoms with Gasteiger partial charge in [-0.1, -0.05) is 97.0 Å². The van der Waals surface area contributed by atoms with Crippen LogP contribution in [0.2, 0.25) is 0 Å². The van der Waals surface area contributed by atoms with Gasteiger partial charge in [0.2, 0.25) is 11.8 Å². The largest absolute Gasteiger partial charge is 0.481 e. The number of ether oxygens (including phenoxy) is 4. The van der Waals surface area contributed by atoms with Crippen LogP contribution in [0.4, 0.5) is 0 Å². The number of amides is 2. The summed E-state index contributed by atoms with van der Waals surface area (Å²) in [6, 6.07) is -0.883. The molecule has 0 aliphatic heterocycles. The van der Waals surface area contributed by atoms with E-state index in [9.17, 15) is 33.9 Å². The lowest BCUT2D eigenvalue weighted by Crippen LogP contribution is -2.37. The lowest BCUT2D eigenvalue weighted by Gasteiger charge is -2.17. The van der Waals surface area contributed by atoms with E-state index < -0.39 is 18.0 Å². The molecule has 0 aromatic heterocycles. The average molecular weight is 856 g/mol. The van der Waals surface area contributed by atoms with Gasteiger partial charge in [-0.05, 0) is 51.9 Å². The molecule has 15 nitrogen and oxygen atoms in total. The van der Waals surface area contributed by atoms with Gasteiger partial charge in [0.1, 0.15) is 25.0 Å². The Morgan fingerprint density at radius 1 is 0.517 bits per heavy atom. The van der Waals surface area contributed by atoms with E-state index in [2.05, 4.69) is 22.5 Å². The average Bonchev–Trinajstić information content (AvgIpc) is 3.20. The molecule has 0 spiro atoms. The van der Waals surface area contributed by atoms with Crippen LogP contribution in [0.5, 0.6) is 0 Å². The van der Waals surface area contributed by atoms with Crippen molar-refractivity contribution in [2.75, 3.05) is 65.9 Å². The SMILES string of the molecule is C=C(CCCCCCCCCCCCCCCCC(=O)O)NC(CCC(=O)NCCOCCOCC(=O)CCCOCCOCC(=O)NCCCC[C@H](C)C(C)=O)C(=O)O. The molecule has 0 rings (SSSR count). The highest BCUT2D eigenvalue weighted by molar-refractivity contribution is 5.80. The molecule has 0 aromatic carbocycles. The summed E-state index contributed by atoms with van der Waals surface area (Å²) < 4.78 is 21.6. The number of Topliss-reactive ketones (excluding diaryl/α,β-unsaturated/α-hetero) is 2. The van der Waals surface area contributed by atoms with Gasteiger partial charge in [-0.15, -0.1) is 0 Å². The summed E-state index contributed by atoms with van der Waals surface area (Å²) >= 11 is 0. The minimum absolute atomic E-state index is 0.0245. The van der Waals surface area contributed by atoms with Gasteiger partial charge >= 0.3 is 11.9 Å². The van der Waals surface area contributed by atoms with Crippen molar-refractivity contribution in [2.45, 2.75) is 168 Å². The zero-order valence-corrected chi connectivity index (χ0v) is 37.2. The number of carbonyl (C=O) groups is 6. The molecule has 0 saturated carbocycles. The Morgan fingerprint density at radius 2 is 1.03 bits per heavy atom. The van der Waals surface area contributed by atoms with Crippen LogP contribution >= 0.6 is 0 Å². The number of rotatable bonds is 46. The van der Waals surface area contributed by atoms with Gasteiger partial charge in [-0.3, -0.25) is 24.0 Å². The fraction of sp³-hybridized carbons (Fsp3) is 0.822. The number of unbranched alkanes of at least 4 members (excludes halogenated alkanes) is 14. The second kappa shape index (κ2) is 41.0. The van der Waals surface area contributed by atoms with Crippen LogP contribution < -0.4 is 16.0 Å². The first-order chi connectivity index (χ1) is 28.9. The number of allylic oxidation sites excluding steroid dienone is 1. The predicted molar refractivity (Wildman–Crippen MR) is 232 cm³/mol. The van der Waals surface area contributed by atoms with Crippen molar-refractivity contribution in [3.63, 3.8) is 0 Å². The molecule has 0 radical (unpaired) electrons. The Kier molecular flexibility index (Phi) is 38.7. The van der Waals surface area contributed by atoms with Crippen molar-refractivity contribution >= 4 is 35.3 Å². The molecule has 1 unspecified atom stereocenters. The minimum atomic E-state index is -1.02. The molecular formula is C45H81N3O12.